The number of thiocarbonyl (C=S) groups is 1. The number of aliphatic hydroxyl groups is 1. The molecule has 0 bridgehead atoms. The Morgan fingerprint density at radius 1 is 1.08 bits per heavy atom. The Morgan fingerprint density at radius 2 is 1.68 bits per heavy atom. The Bertz CT molecular complexity index is 814. The zero-order chi connectivity index (χ0) is 18.2. The number of amides is 1. The van der Waals surface area contributed by atoms with Crippen LogP contribution in [0.1, 0.15) is 6.92 Å². The minimum absolute atomic E-state index is 0.00663. The summed E-state index contributed by atoms with van der Waals surface area (Å²) in [5, 5.41) is 16.0. The number of carbonyl (C=O) groups excluding carboxylic acids is 1. The van der Waals surface area contributed by atoms with Crippen molar-refractivity contribution in [1.29, 1.82) is 0 Å². The van der Waals surface area contributed by atoms with Crippen LogP contribution in [0.3, 0.4) is 0 Å². The van der Waals surface area contributed by atoms with Gasteiger partial charge in [0.1, 0.15) is 5.76 Å². The van der Waals surface area contributed by atoms with Gasteiger partial charge in [-0.2, -0.15) is 0 Å². The van der Waals surface area contributed by atoms with Crippen LogP contribution in [0.5, 0.6) is 0 Å². The number of nitrogens with zero attached hydrogens (tertiary/aromatic N) is 1. The van der Waals surface area contributed by atoms with E-state index in [4.69, 9.17) is 23.8 Å². The lowest BCUT2D eigenvalue weighted by Gasteiger charge is -2.07. The van der Waals surface area contributed by atoms with Gasteiger partial charge in [-0.3, -0.25) is 4.79 Å². The maximum atomic E-state index is 12.3. The zero-order valence-corrected chi connectivity index (χ0v) is 14.9. The summed E-state index contributed by atoms with van der Waals surface area (Å²) < 4.78 is 0. The summed E-state index contributed by atoms with van der Waals surface area (Å²) in [6, 6.07) is 15.9. The first-order valence-electron chi connectivity index (χ1n) is 7.32. The molecule has 0 aliphatic heterocycles. The second-order valence-corrected chi connectivity index (χ2v) is 5.84. The molecule has 0 atom stereocenters. The van der Waals surface area contributed by atoms with Gasteiger partial charge in [0.25, 0.3) is 5.91 Å². The molecule has 0 aliphatic carbocycles. The molecule has 0 aromatic heterocycles. The van der Waals surface area contributed by atoms with Crippen LogP contribution in [-0.4, -0.2) is 22.3 Å². The van der Waals surface area contributed by atoms with Crippen LogP contribution < -0.4 is 10.6 Å². The summed E-state index contributed by atoms with van der Waals surface area (Å²) in [5.41, 5.74) is 1.33. The molecular weight excluding hydrogens is 358 g/mol. The van der Waals surface area contributed by atoms with Crippen molar-refractivity contribution in [3.05, 3.63) is 71.0 Å². The molecule has 128 valence electrons. The van der Waals surface area contributed by atoms with Crippen molar-refractivity contribution < 1.29 is 9.90 Å². The summed E-state index contributed by atoms with van der Waals surface area (Å²) in [7, 11) is 0. The standard InChI is InChI=1S/C18H16ClN3O2S/c1-12(23)16(17(24)21-15-9-7-13(19)8-10-15)11-20-18(25)22-14-5-3-2-4-6-14/h2-11,23H,1H3,(H,21,24)(H,22,25). The van der Waals surface area contributed by atoms with Gasteiger partial charge in [-0.05, 0) is 55.5 Å². The third kappa shape index (κ3) is 6.02. The number of allylic oxidation sites excluding steroid dienone is 1. The highest BCUT2D eigenvalue weighted by molar-refractivity contribution is 7.80. The molecule has 7 heteroatoms. The number of rotatable bonds is 4. The normalized spacial score (nSPS) is 11.8. The van der Waals surface area contributed by atoms with E-state index in [0.717, 1.165) is 5.69 Å². The van der Waals surface area contributed by atoms with Gasteiger partial charge in [0.05, 0.1) is 5.57 Å². The molecule has 0 unspecified atom stereocenters. The Kier molecular flexibility index (Phi) is 6.68. The number of nitrogens with one attached hydrogen (secondary N) is 2. The van der Waals surface area contributed by atoms with Gasteiger partial charge in [-0.1, -0.05) is 29.8 Å². The molecule has 2 aromatic rings. The second-order valence-electron chi connectivity index (χ2n) is 5.01. The average Bonchev–Trinajstić information content (AvgIpc) is 2.57. The molecule has 0 heterocycles. The first kappa shape index (κ1) is 18.6. The van der Waals surface area contributed by atoms with Crippen LogP contribution in [0.4, 0.5) is 11.4 Å². The molecule has 0 saturated carbocycles. The monoisotopic (exact) mass is 373 g/mol. The van der Waals surface area contributed by atoms with Gasteiger partial charge in [-0.15, -0.1) is 0 Å². The maximum absolute atomic E-state index is 12.3. The third-order valence-electron chi connectivity index (χ3n) is 3.07. The first-order chi connectivity index (χ1) is 12.0. The highest BCUT2D eigenvalue weighted by Crippen LogP contribution is 2.14. The van der Waals surface area contributed by atoms with Crippen molar-refractivity contribution in [2.24, 2.45) is 4.99 Å². The lowest BCUT2D eigenvalue weighted by atomic mass is 10.2. The number of hydrogen-bond donors (Lipinski definition) is 3. The molecular formula is C18H16ClN3O2S. The molecule has 2 aromatic carbocycles. The summed E-state index contributed by atoms with van der Waals surface area (Å²) in [4.78, 5) is 16.3. The number of para-hydroxylation sites is 1. The topological polar surface area (TPSA) is 73.7 Å². The van der Waals surface area contributed by atoms with Crippen molar-refractivity contribution in [3.8, 4) is 0 Å². The molecule has 5 nitrogen and oxygen atoms in total. The van der Waals surface area contributed by atoms with Gasteiger partial charge in [0.15, 0.2) is 5.11 Å². The van der Waals surface area contributed by atoms with Gasteiger partial charge < -0.3 is 15.7 Å². The molecule has 0 aliphatic rings. The van der Waals surface area contributed by atoms with Crippen molar-refractivity contribution in [1.82, 2.24) is 0 Å². The van der Waals surface area contributed by atoms with E-state index >= 15 is 0 Å². The van der Waals surface area contributed by atoms with Crippen LogP contribution in [-0.2, 0) is 4.79 Å². The number of benzene rings is 2. The van der Waals surface area contributed by atoms with Crippen LogP contribution in [0, 0.1) is 0 Å². The largest absolute Gasteiger partial charge is 0.512 e. The quantitative estimate of drug-likeness (QED) is 0.317. The lowest BCUT2D eigenvalue weighted by Crippen LogP contribution is -2.17. The Balaban J connectivity index is 2.05. The van der Waals surface area contributed by atoms with Crippen molar-refractivity contribution in [2.75, 3.05) is 10.6 Å². The zero-order valence-electron chi connectivity index (χ0n) is 13.4. The molecule has 0 radical (unpaired) electrons. The predicted molar refractivity (Wildman–Crippen MR) is 107 cm³/mol. The molecule has 1 amide bonds. The fourth-order valence-corrected chi connectivity index (χ4v) is 2.14. The molecule has 25 heavy (non-hydrogen) atoms. The number of halogens is 1. The molecule has 2 rings (SSSR count). The smallest absolute Gasteiger partial charge is 0.260 e. The number of anilines is 2. The number of hydrogen-bond acceptors (Lipinski definition) is 3. The summed E-state index contributed by atoms with van der Waals surface area (Å²) in [5.74, 6) is -0.675. The molecule has 0 spiro atoms. The minimum atomic E-state index is -0.506. The average molecular weight is 374 g/mol. The highest BCUT2D eigenvalue weighted by atomic mass is 35.5. The fourth-order valence-electron chi connectivity index (χ4n) is 1.85. The fraction of sp³-hybridized carbons (Fsp3) is 0.0556. The van der Waals surface area contributed by atoms with E-state index in [9.17, 15) is 9.90 Å². The third-order valence-corrected chi connectivity index (χ3v) is 3.53. The molecule has 0 saturated heterocycles. The van der Waals surface area contributed by atoms with Crippen molar-refractivity contribution in [2.45, 2.75) is 6.92 Å². The highest BCUT2D eigenvalue weighted by Gasteiger charge is 2.11. The minimum Gasteiger partial charge on any atom is -0.512 e. The van der Waals surface area contributed by atoms with E-state index < -0.39 is 5.91 Å². The summed E-state index contributed by atoms with van der Waals surface area (Å²) >= 11 is 10.9. The van der Waals surface area contributed by atoms with Crippen LogP contribution in [0.25, 0.3) is 0 Å². The van der Waals surface area contributed by atoms with Crippen LogP contribution in [0.15, 0.2) is 70.9 Å². The van der Waals surface area contributed by atoms with Gasteiger partial charge >= 0.3 is 0 Å². The van der Waals surface area contributed by atoms with Crippen molar-refractivity contribution in [3.63, 3.8) is 0 Å². The van der Waals surface area contributed by atoms with E-state index in [1.54, 1.807) is 24.3 Å². The van der Waals surface area contributed by atoms with Crippen molar-refractivity contribution >= 4 is 52.4 Å². The van der Waals surface area contributed by atoms with E-state index in [0.29, 0.717) is 10.7 Å². The summed E-state index contributed by atoms with van der Waals surface area (Å²) in [6.07, 6.45) is 1.22. The Morgan fingerprint density at radius 3 is 2.28 bits per heavy atom. The van der Waals surface area contributed by atoms with E-state index in [2.05, 4.69) is 15.6 Å². The number of aliphatic imine (C=N–C) groups is 1. The molecule has 0 fully saturated rings. The van der Waals surface area contributed by atoms with E-state index in [1.807, 2.05) is 30.3 Å². The number of carbonyl (C=O) groups is 1. The Labute approximate surface area is 156 Å². The number of aliphatic hydroxyl groups excluding tert-OH is 1. The summed E-state index contributed by atoms with van der Waals surface area (Å²) in [6.45, 7) is 1.40. The van der Waals surface area contributed by atoms with E-state index in [-0.39, 0.29) is 16.4 Å². The van der Waals surface area contributed by atoms with Gasteiger partial charge in [0, 0.05) is 22.6 Å². The lowest BCUT2D eigenvalue weighted by molar-refractivity contribution is -0.112. The van der Waals surface area contributed by atoms with Gasteiger partial charge in [-0.25, -0.2) is 4.99 Å². The molecule has 3 N–H and O–H groups in total. The second kappa shape index (κ2) is 8.96. The van der Waals surface area contributed by atoms with Gasteiger partial charge in [0.2, 0.25) is 0 Å². The Hall–Kier alpha value is -2.70. The maximum Gasteiger partial charge on any atom is 0.260 e. The van der Waals surface area contributed by atoms with Crippen LogP contribution in [0.2, 0.25) is 5.02 Å². The predicted octanol–water partition coefficient (Wildman–Crippen LogP) is 4.58. The van der Waals surface area contributed by atoms with E-state index in [1.165, 1.54) is 13.1 Å². The van der Waals surface area contributed by atoms with Crippen LogP contribution >= 0.6 is 23.8 Å². The first-order valence-corrected chi connectivity index (χ1v) is 8.11. The SMILES string of the molecule is CC(O)=C(C=NC(=S)Nc1ccccc1)C(=O)Nc1ccc(Cl)cc1.